The molecule has 25 heavy (non-hydrogen) atoms. The first-order valence-corrected chi connectivity index (χ1v) is 9.27. The molecule has 0 fully saturated rings. The Morgan fingerprint density at radius 3 is 2.76 bits per heavy atom. The lowest BCUT2D eigenvalue weighted by Crippen LogP contribution is -2.23. The summed E-state index contributed by atoms with van der Waals surface area (Å²) < 4.78 is 0. The molecule has 3 amide bonds. The van der Waals surface area contributed by atoms with Gasteiger partial charge in [0.2, 0.25) is 0 Å². The highest BCUT2D eigenvalue weighted by Crippen LogP contribution is 2.17. The quantitative estimate of drug-likeness (QED) is 0.631. The number of amides is 3. The van der Waals surface area contributed by atoms with Gasteiger partial charge in [-0.3, -0.25) is 10.1 Å². The van der Waals surface area contributed by atoms with E-state index in [2.05, 4.69) is 20.9 Å². The van der Waals surface area contributed by atoms with Crippen LogP contribution in [0.1, 0.15) is 20.9 Å². The molecule has 128 valence electrons. The van der Waals surface area contributed by atoms with Gasteiger partial charge in [0, 0.05) is 15.9 Å². The number of anilines is 2. The van der Waals surface area contributed by atoms with E-state index in [1.54, 1.807) is 22.8 Å². The number of nitrogens with one attached hydrogen (secondary N) is 3. The van der Waals surface area contributed by atoms with Crippen molar-refractivity contribution in [1.82, 2.24) is 10.3 Å². The number of thiazole rings is 1. The van der Waals surface area contributed by atoms with Crippen LogP contribution in [0.25, 0.3) is 0 Å². The molecule has 0 unspecified atom stereocenters. The SMILES string of the molecule is Cc1cccc(NC(=O)Nc2nc(C(=O)NCc3cccs3)cs2)c1. The first-order valence-electron chi connectivity index (χ1n) is 7.51. The number of urea groups is 1. The minimum absolute atomic E-state index is 0.267. The maximum absolute atomic E-state index is 12.1. The molecule has 0 atom stereocenters. The molecule has 0 saturated heterocycles. The second-order valence-electron chi connectivity index (χ2n) is 5.25. The lowest BCUT2D eigenvalue weighted by atomic mass is 10.2. The average Bonchev–Trinajstić information content (AvgIpc) is 3.24. The van der Waals surface area contributed by atoms with Crippen molar-refractivity contribution in [2.45, 2.75) is 13.5 Å². The Morgan fingerprint density at radius 2 is 2.00 bits per heavy atom. The second kappa shape index (κ2) is 7.91. The molecule has 2 aromatic heterocycles. The van der Waals surface area contributed by atoms with Crippen LogP contribution in [0.4, 0.5) is 15.6 Å². The molecule has 3 aromatic rings. The summed E-state index contributed by atoms with van der Waals surface area (Å²) in [6.45, 7) is 2.41. The van der Waals surface area contributed by atoms with Gasteiger partial charge in [0.1, 0.15) is 5.69 Å². The summed E-state index contributed by atoms with van der Waals surface area (Å²) in [5.41, 5.74) is 2.03. The van der Waals surface area contributed by atoms with E-state index in [1.165, 1.54) is 11.3 Å². The molecular formula is C17H16N4O2S2. The van der Waals surface area contributed by atoms with Crippen LogP contribution in [-0.2, 0) is 6.54 Å². The predicted octanol–water partition coefficient (Wildman–Crippen LogP) is 4.09. The minimum Gasteiger partial charge on any atom is -0.346 e. The van der Waals surface area contributed by atoms with E-state index in [4.69, 9.17) is 0 Å². The molecule has 0 radical (unpaired) electrons. The molecule has 8 heteroatoms. The van der Waals surface area contributed by atoms with E-state index >= 15 is 0 Å². The number of aryl methyl sites for hydroxylation is 1. The normalized spacial score (nSPS) is 10.3. The smallest absolute Gasteiger partial charge is 0.325 e. The van der Waals surface area contributed by atoms with E-state index in [0.29, 0.717) is 17.4 Å². The Hall–Kier alpha value is -2.71. The standard InChI is InChI=1S/C17H16N4O2S2/c1-11-4-2-5-12(8-11)19-16(23)21-17-20-14(10-25-17)15(22)18-9-13-6-3-7-24-13/h2-8,10H,9H2,1H3,(H,18,22)(H2,19,20,21,23). The van der Waals surface area contributed by atoms with Crippen molar-refractivity contribution in [2.24, 2.45) is 0 Å². The Kier molecular flexibility index (Phi) is 5.42. The number of aromatic nitrogens is 1. The number of benzene rings is 1. The number of carbonyl (C=O) groups is 2. The monoisotopic (exact) mass is 372 g/mol. The van der Waals surface area contributed by atoms with Crippen molar-refractivity contribution >= 4 is 45.4 Å². The number of rotatable bonds is 5. The Bertz CT molecular complexity index is 874. The van der Waals surface area contributed by atoms with Gasteiger partial charge in [0.25, 0.3) is 5.91 Å². The van der Waals surface area contributed by atoms with Crippen LogP contribution in [-0.4, -0.2) is 16.9 Å². The van der Waals surface area contributed by atoms with Gasteiger partial charge in [-0.1, -0.05) is 18.2 Å². The highest BCUT2D eigenvalue weighted by molar-refractivity contribution is 7.14. The van der Waals surface area contributed by atoms with E-state index in [0.717, 1.165) is 10.4 Å². The number of nitrogens with zero attached hydrogens (tertiary/aromatic N) is 1. The van der Waals surface area contributed by atoms with Crippen molar-refractivity contribution in [3.63, 3.8) is 0 Å². The third kappa shape index (κ3) is 4.88. The number of hydrogen-bond acceptors (Lipinski definition) is 5. The van der Waals surface area contributed by atoms with Gasteiger partial charge < -0.3 is 10.6 Å². The second-order valence-corrected chi connectivity index (χ2v) is 7.14. The lowest BCUT2D eigenvalue weighted by molar-refractivity contribution is 0.0947. The molecule has 1 aromatic carbocycles. The fourth-order valence-electron chi connectivity index (χ4n) is 2.09. The maximum Gasteiger partial charge on any atom is 0.325 e. The summed E-state index contributed by atoms with van der Waals surface area (Å²) in [7, 11) is 0. The van der Waals surface area contributed by atoms with Crippen molar-refractivity contribution < 1.29 is 9.59 Å². The van der Waals surface area contributed by atoms with Gasteiger partial charge in [-0.2, -0.15) is 0 Å². The molecule has 0 aliphatic rings. The molecule has 0 aliphatic carbocycles. The number of carbonyl (C=O) groups excluding carboxylic acids is 2. The van der Waals surface area contributed by atoms with E-state index in [-0.39, 0.29) is 11.6 Å². The minimum atomic E-state index is -0.398. The van der Waals surface area contributed by atoms with Crippen LogP contribution >= 0.6 is 22.7 Å². The third-order valence-corrected chi connectivity index (χ3v) is 4.87. The largest absolute Gasteiger partial charge is 0.346 e. The molecule has 3 rings (SSSR count). The molecule has 0 aliphatic heterocycles. The highest BCUT2D eigenvalue weighted by Gasteiger charge is 2.12. The molecule has 2 heterocycles. The summed E-state index contributed by atoms with van der Waals surface area (Å²) >= 11 is 2.78. The number of thiophene rings is 1. The Labute approximate surface area is 152 Å². The van der Waals surface area contributed by atoms with Gasteiger partial charge in [0.15, 0.2) is 5.13 Å². The van der Waals surface area contributed by atoms with Crippen molar-refractivity contribution in [1.29, 1.82) is 0 Å². The molecule has 3 N–H and O–H groups in total. The number of hydrogen-bond donors (Lipinski definition) is 3. The fourth-order valence-corrected chi connectivity index (χ4v) is 3.42. The summed E-state index contributed by atoms with van der Waals surface area (Å²) in [5, 5.41) is 12.1. The van der Waals surface area contributed by atoms with E-state index in [1.807, 2.05) is 42.6 Å². The van der Waals surface area contributed by atoms with Crippen LogP contribution in [0, 0.1) is 6.92 Å². The molecular weight excluding hydrogens is 356 g/mol. The van der Waals surface area contributed by atoms with Crippen molar-refractivity contribution in [2.75, 3.05) is 10.6 Å². The van der Waals surface area contributed by atoms with Crippen LogP contribution in [0.15, 0.2) is 47.2 Å². The lowest BCUT2D eigenvalue weighted by Gasteiger charge is -2.05. The van der Waals surface area contributed by atoms with Crippen LogP contribution in [0.3, 0.4) is 0 Å². The Morgan fingerprint density at radius 1 is 1.12 bits per heavy atom. The van der Waals surface area contributed by atoms with Crippen LogP contribution in [0.5, 0.6) is 0 Å². The van der Waals surface area contributed by atoms with Gasteiger partial charge in [-0.15, -0.1) is 22.7 Å². The molecule has 6 nitrogen and oxygen atoms in total. The molecule has 0 bridgehead atoms. The van der Waals surface area contributed by atoms with Gasteiger partial charge >= 0.3 is 6.03 Å². The third-order valence-electron chi connectivity index (χ3n) is 3.24. The summed E-state index contributed by atoms with van der Waals surface area (Å²) in [6.07, 6.45) is 0. The van der Waals surface area contributed by atoms with Gasteiger partial charge in [-0.05, 0) is 36.1 Å². The summed E-state index contributed by atoms with van der Waals surface area (Å²) in [6, 6.07) is 11.0. The van der Waals surface area contributed by atoms with Crippen LogP contribution in [0.2, 0.25) is 0 Å². The fraction of sp³-hybridized carbons (Fsp3) is 0.118. The zero-order chi connectivity index (χ0) is 17.6. The summed E-state index contributed by atoms with van der Waals surface area (Å²) in [4.78, 5) is 29.3. The Balaban J connectivity index is 1.53. The van der Waals surface area contributed by atoms with Crippen molar-refractivity contribution in [3.8, 4) is 0 Å². The summed E-state index contributed by atoms with van der Waals surface area (Å²) in [5.74, 6) is -0.267. The topological polar surface area (TPSA) is 83.1 Å². The van der Waals surface area contributed by atoms with Crippen molar-refractivity contribution in [3.05, 3.63) is 63.3 Å². The average molecular weight is 372 g/mol. The van der Waals surface area contributed by atoms with E-state index in [9.17, 15) is 9.59 Å². The molecule has 0 saturated carbocycles. The van der Waals surface area contributed by atoms with Crippen LogP contribution < -0.4 is 16.0 Å². The first-order chi connectivity index (χ1) is 12.1. The zero-order valence-corrected chi connectivity index (χ0v) is 15.0. The maximum atomic E-state index is 12.1. The van der Waals surface area contributed by atoms with Gasteiger partial charge in [-0.25, -0.2) is 9.78 Å². The first kappa shape index (κ1) is 17.1. The van der Waals surface area contributed by atoms with Gasteiger partial charge in [0.05, 0.1) is 6.54 Å². The highest BCUT2D eigenvalue weighted by atomic mass is 32.1. The van der Waals surface area contributed by atoms with E-state index < -0.39 is 6.03 Å². The molecule has 0 spiro atoms. The predicted molar refractivity (Wildman–Crippen MR) is 101 cm³/mol. The zero-order valence-electron chi connectivity index (χ0n) is 13.4.